The first-order chi connectivity index (χ1) is 13.1. The van der Waals surface area contributed by atoms with Gasteiger partial charge in [-0.25, -0.2) is 4.79 Å². The number of para-hydroxylation sites is 2. The van der Waals surface area contributed by atoms with Crippen LogP contribution in [0.25, 0.3) is 0 Å². The Morgan fingerprint density at radius 3 is 2.56 bits per heavy atom. The molecule has 0 fully saturated rings. The molecule has 1 heterocycles. The average Bonchev–Trinajstić information content (AvgIpc) is 2.71. The van der Waals surface area contributed by atoms with E-state index in [-0.39, 0.29) is 6.61 Å². The SMILES string of the molecule is COc1ccc(NC(=O)COC(=O)[C@@H]2COc3ccccc3O2)cc1OC. The van der Waals surface area contributed by atoms with E-state index in [9.17, 15) is 9.59 Å². The number of ether oxygens (including phenoxy) is 5. The largest absolute Gasteiger partial charge is 0.493 e. The third kappa shape index (κ3) is 4.41. The maximum Gasteiger partial charge on any atom is 0.351 e. The van der Waals surface area contributed by atoms with Crippen LogP contribution in [-0.4, -0.2) is 45.4 Å². The second kappa shape index (κ2) is 8.31. The summed E-state index contributed by atoms with van der Waals surface area (Å²) in [6.45, 7) is -0.429. The zero-order chi connectivity index (χ0) is 19.2. The number of carbonyl (C=O) groups is 2. The molecule has 1 aliphatic heterocycles. The van der Waals surface area contributed by atoms with E-state index < -0.39 is 24.6 Å². The highest BCUT2D eigenvalue weighted by atomic mass is 16.6. The lowest BCUT2D eigenvalue weighted by atomic mass is 10.2. The standard InChI is InChI=1S/C19H19NO7/c1-23-13-8-7-12(9-16(13)24-2)20-18(21)11-26-19(22)17-10-25-14-5-3-4-6-15(14)27-17/h3-9,17H,10-11H2,1-2H3,(H,20,21)/t17-/m0/s1. The van der Waals surface area contributed by atoms with Crippen molar-refractivity contribution in [2.45, 2.75) is 6.10 Å². The van der Waals surface area contributed by atoms with Crippen molar-refractivity contribution in [3.8, 4) is 23.0 Å². The van der Waals surface area contributed by atoms with Crippen LogP contribution >= 0.6 is 0 Å². The molecule has 2 aromatic rings. The van der Waals surface area contributed by atoms with Gasteiger partial charge in [0.25, 0.3) is 5.91 Å². The van der Waals surface area contributed by atoms with Gasteiger partial charge in [-0.2, -0.15) is 0 Å². The highest BCUT2D eigenvalue weighted by Crippen LogP contribution is 2.31. The summed E-state index contributed by atoms with van der Waals surface area (Å²) in [6.07, 6.45) is -0.922. The predicted molar refractivity (Wildman–Crippen MR) is 95.5 cm³/mol. The van der Waals surface area contributed by atoms with Crippen LogP contribution in [0.4, 0.5) is 5.69 Å². The number of methoxy groups -OCH3 is 2. The molecule has 1 N–H and O–H groups in total. The molecular weight excluding hydrogens is 354 g/mol. The van der Waals surface area contributed by atoms with E-state index >= 15 is 0 Å². The average molecular weight is 373 g/mol. The Morgan fingerprint density at radius 2 is 1.81 bits per heavy atom. The van der Waals surface area contributed by atoms with Crippen molar-refractivity contribution in [1.82, 2.24) is 0 Å². The van der Waals surface area contributed by atoms with Crippen LogP contribution in [0.15, 0.2) is 42.5 Å². The van der Waals surface area contributed by atoms with Gasteiger partial charge in [0.05, 0.1) is 14.2 Å². The molecular formula is C19H19NO7. The molecule has 0 saturated carbocycles. The Hall–Kier alpha value is -3.42. The molecule has 1 atom stereocenters. The maximum atomic E-state index is 12.1. The molecule has 2 aromatic carbocycles. The lowest BCUT2D eigenvalue weighted by molar-refractivity contribution is -0.156. The van der Waals surface area contributed by atoms with Gasteiger partial charge in [0.1, 0.15) is 6.61 Å². The van der Waals surface area contributed by atoms with E-state index in [1.54, 1.807) is 42.5 Å². The first-order valence-corrected chi connectivity index (χ1v) is 8.17. The third-order valence-electron chi connectivity index (χ3n) is 3.78. The molecule has 8 nitrogen and oxygen atoms in total. The van der Waals surface area contributed by atoms with Crippen LogP contribution in [0.5, 0.6) is 23.0 Å². The number of rotatable bonds is 6. The fourth-order valence-corrected chi connectivity index (χ4v) is 2.48. The van der Waals surface area contributed by atoms with E-state index in [0.717, 1.165) is 0 Å². The van der Waals surface area contributed by atoms with E-state index in [0.29, 0.717) is 28.7 Å². The highest BCUT2D eigenvalue weighted by molar-refractivity contribution is 5.93. The molecule has 27 heavy (non-hydrogen) atoms. The monoisotopic (exact) mass is 373 g/mol. The Bertz CT molecular complexity index is 837. The number of hydrogen-bond donors (Lipinski definition) is 1. The number of benzene rings is 2. The van der Waals surface area contributed by atoms with Gasteiger partial charge in [-0.3, -0.25) is 4.79 Å². The van der Waals surface area contributed by atoms with E-state index in [1.165, 1.54) is 14.2 Å². The Kier molecular flexibility index (Phi) is 5.65. The minimum atomic E-state index is -0.922. The van der Waals surface area contributed by atoms with Gasteiger partial charge in [0, 0.05) is 11.8 Å². The molecule has 0 spiro atoms. The van der Waals surface area contributed by atoms with Gasteiger partial charge in [0.15, 0.2) is 29.6 Å². The fraction of sp³-hybridized carbons (Fsp3) is 0.263. The number of carbonyl (C=O) groups excluding carboxylic acids is 2. The van der Waals surface area contributed by atoms with Crippen molar-refractivity contribution in [1.29, 1.82) is 0 Å². The number of nitrogens with one attached hydrogen (secondary N) is 1. The Labute approximate surface area is 155 Å². The number of amides is 1. The molecule has 1 amide bonds. The third-order valence-corrected chi connectivity index (χ3v) is 3.78. The highest BCUT2D eigenvalue weighted by Gasteiger charge is 2.29. The molecule has 0 saturated heterocycles. The summed E-state index contributed by atoms with van der Waals surface area (Å²) in [5.41, 5.74) is 0.486. The molecule has 0 unspecified atom stereocenters. The van der Waals surface area contributed by atoms with Gasteiger partial charge in [-0.15, -0.1) is 0 Å². The van der Waals surface area contributed by atoms with Crippen molar-refractivity contribution in [3.05, 3.63) is 42.5 Å². The Morgan fingerprint density at radius 1 is 1.07 bits per heavy atom. The summed E-state index contributed by atoms with van der Waals surface area (Å²) in [7, 11) is 3.01. The second-order valence-electron chi connectivity index (χ2n) is 5.59. The van der Waals surface area contributed by atoms with Crippen LogP contribution in [0, 0.1) is 0 Å². The van der Waals surface area contributed by atoms with Crippen molar-refractivity contribution >= 4 is 17.6 Å². The number of anilines is 1. The summed E-state index contributed by atoms with van der Waals surface area (Å²) in [4.78, 5) is 24.1. The van der Waals surface area contributed by atoms with Gasteiger partial charge in [-0.1, -0.05) is 12.1 Å². The number of hydrogen-bond acceptors (Lipinski definition) is 7. The molecule has 0 aliphatic carbocycles. The molecule has 1 aliphatic rings. The summed E-state index contributed by atoms with van der Waals surface area (Å²) < 4.78 is 26.3. The minimum Gasteiger partial charge on any atom is -0.493 e. The number of esters is 1. The predicted octanol–water partition coefficient (Wildman–Crippen LogP) is 2.03. The second-order valence-corrected chi connectivity index (χ2v) is 5.59. The van der Waals surface area contributed by atoms with Gasteiger partial charge in [0.2, 0.25) is 6.10 Å². The molecule has 0 aromatic heterocycles. The molecule has 142 valence electrons. The van der Waals surface area contributed by atoms with E-state index in [4.69, 9.17) is 23.7 Å². The molecule has 8 heteroatoms. The minimum absolute atomic E-state index is 0.0210. The number of fused-ring (bicyclic) bond motifs is 1. The van der Waals surface area contributed by atoms with Gasteiger partial charge >= 0.3 is 5.97 Å². The van der Waals surface area contributed by atoms with E-state index in [2.05, 4.69) is 5.32 Å². The molecule has 0 radical (unpaired) electrons. The molecule has 3 rings (SSSR count). The summed E-state index contributed by atoms with van der Waals surface area (Å²) in [5, 5.41) is 2.62. The van der Waals surface area contributed by atoms with E-state index in [1.807, 2.05) is 0 Å². The first-order valence-electron chi connectivity index (χ1n) is 8.17. The zero-order valence-electron chi connectivity index (χ0n) is 14.9. The van der Waals surface area contributed by atoms with Crippen molar-refractivity contribution in [3.63, 3.8) is 0 Å². The van der Waals surface area contributed by atoms with Crippen LogP contribution in [0.3, 0.4) is 0 Å². The lowest BCUT2D eigenvalue weighted by Gasteiger charge is -2.24. The summed E-state index contributed by atoms with van der Waals surface area (Å²) in [5.74, 6) is 0.864. The first kappa shape index (κ1) is 18.4. The smallest absolute Gasteiger partial charge is 0.351 e. The van der Waals surface area contributed by atoms with Crippen molar-refractivity contribution in [2.24, 2.45) is 0 Å². The van der Waals surface area contributed by atoms with Crippen LogP contribution in [-0.2, 0) is 14.3 Å². The topological polar surface area (TPSA) is 92.3 Å². The van der Waals surface area contributed by atoms with Gasteiger partial charge in [-0.05, 0) is 24.3 Å². The van der Waals surface area contributed by atoms with Crippen molar-refractivity contribution in [2.75, 3.05) is 32.8 Å². The molecule has 0 bridgehead atoms. The van der Waals surface area contributed by atoms with Crippen LogP contribution < -0.4 is 24.3 Å². The quantitative estimate of drug-likeness (QED) is 0.775. The normalized spacial score (nSPS) is 14.8. The fourth-order valence-electron chi connectivity index (χ4n) is 2.48. The summed E-state index contributed by atoms with van der Waals surface area (Å²) >= 11 is 0. The lowest BCUT2D eigenvalue weighted by Crippen LogP contribution is -2.39. The zero-order valence-corrected chi connectivity index (χ0v) is 14.9. The van der Waals surface area contributed by atoms with Crippen LogP contribution in [0.2, 0.25) is 0 Å². The van der Waals surface area contributed by atoms with Gasteiger partial charge < -0.3 is 29.0 Å². The van der Waals surface area contributed by atoms with Crippen LogP contribution in [0.1, 0.15) is 0 Å². The maximum absolute atomic E-state index is 12.1. The Balaban J connectivity index is 1.51. The van der Waals surface area contributed by atoms with Crippen molar-refractivity contribution < 1.29 is 33.3 Å². The summed E-state index contributed by atoms with van der Waals surface area (Å²) in [6, 6.07) is 11.9.